The summed E-state index contributed by atoms with van der Waals surface area (Å²) < 4.78 is 30.9. The summed E-state index contributed by atoms with van der Waals surface area (Å²) in [7, 11) is -3.24. The zero-order chi connectivity index (χ0) is 13.6. The van der Waals surface area contributed by atoms with Crippen molar-refractivity contribution in [1.82, 2.24) is 25.1 Å². The van der Waals surface area contributed by atoms with E-state index in [4.69, 9.17) is 4.52 Å². The number of nitrogens with one attached hydrogen (secondary N) is 2. The fourth-order valence-electron chi connectivity index (χ4n) is 1.88. The Hall–Kier alpha value is -1.03. The van der Waals surface area contributed by atoms with Crippen molar-refractivity contribution < 1.29 is 12.9 Å². The maximum Gasteiger partial charge on any atom is 0.227 e. The summed E-state index contributed by atoms with van der Waals surface area (Å²) in [5, 5.41) is 6.69. The minimum absolute atomic E-state index is 0.122. The van der Waals surface area contributed by atoms with Crippen LogP contribution in [0.3, 0.4) is 0 Å². The van der Waals surface area contributed by atoms with Crippen LogP contribution in [0.2, 0.25) is 0 Å². The van der Waals surface area contributed by atoms with Gasteiger partial charge < -0.3 is 9.84 Å². The van der Waals surface area contributed by atoms with Gasteiger partial charge in [-0.25, -0.2) is 13.1 Å². The van der Waals surface area contributed by atoms with Crippen molar-refractivity contribution >= 4 is 10.0 Å². The van der Waals surface area contributed by atoms with E-state index in [0.29, 0.717) is 18.9 Å². The van der Waals surface area contributed by atoms with Gasteiger partial charge in [0.05, 0.1) is 5.75 Å². The Morgan fingerprint density at radius 2 is 2.21 bits per heavy atom. The van der Waals surface area contributed by atoms with Gasteiger partial charge in [-0.2, -0.15) is 4.98 Å². The molecule has 1 aromatic rings. The number of rotatable bonds is 7. The normalized spacial score (nSPS) is 17.7. The second kappa shape index (κ2) is 6.94. The zero-order valence-electron chi connectivity index (χ0n) is 10.7. The highest BCUT2D eigenvalue weighted by molar-refractivity contribution is 7.89. The first-order valence-electron chi connectivity index (χ1n) is 6.32. The largest absolute Gasteiger partial charge is 0.340 e. The van der Waals surface area contributed by atoms with Gasteiger partial charge in [0, 0.05) is 45.7 Å². The summed E-state index contributed by atoms with van der Waals surface area (Å²) in [5.74, 6) is 0.557. The van der Waals surface area contributed by atoms with Crippen molar-refractivity contribution in [2.45, 2.75) is 6.42 Å². The van der Waals surface area contributed by atoms with E-state index in [1.54, 1.807) is 0 Å². The van der Waals surface area contributed by atoms with Gasteiger partial charge in [0.15, 0.2) is 6.33 Å². The topological polar surface area (TPSA) is 100 Å². The first-order chi connectivity index (χ1) is 9.16. The predicted octanol–water partition coefficient (Wildman–Crippen LogP) is -1.56. The molecular weight excluding hydrogens is 270 g/mol. The molecule has 2 N–H and O–H groups in total. The number of hydrogen-bond donors (Lipinski definition) is 2. The summed E-state index contributed by atoms with van der Waals surface area (Å²) in [5.41, 5.74) is 0. The lowest BCUT2D eigenvalue weighted by atomic mass is 10.4. The van der Waals surface area contributed by atoms with Crippen molar-refractivity contribution in [2.75, 3.05) is 45.0 Å². The van der Waals surface area contributed by atoms with Crippen molar-refractivity contribution in [3.8, 4) is 0 Å². The van der Waals surface area contributed by atoms with E-state index in [2.05, 4.69) is 25.1 Å². The second-order valence-electron chi connectivity index (χ2n) is 4.39. The molecule has 0 bridgehead atoms. The van der Waals surface area contributed by atoms with Crippen molar-refractivity contribution in [1.29, 1.82) is 0 Å². The Labute approximate surface area is 112 Å². The van der Waals surface area contributed by atoms with Crippen LogP contribution in [0.5, 0.6) is 0 Å². The lowest BCUT2D eigenvalue weighted by Gasteiger charge is -2.26. The molecule has 0 aromatic carbocycles. The molecule has 1 aliphatic heterocycles. The van der Waals surface area contributed by atoms with Gasteiger partial charge in [-0.3, -0.25) is 4.90 Å². The van der Waals surface area contributed by atoms with E-state index >= 15 is 0 Å². The molecule has 0 radical (unpaired) electrons. The van der Waals surface area contributed by atoms with Crippen molar-refractivity contribution in [3.63, 3.8) is 0 Å². The lowest BCUT2D eigenvalue weighted by Crippen LogP contribution is -2.46. The van der Waals surface area contributed by atoms with Gasteiger partial charge in [0.25, 0.3) is 0 Å². The van der Waals surface area contributed by atoms with Crippen molar-refractivity contribution in [2.24, 2.45) is 0 Å². The number of piperazine rings is 1. The summed E-state index contributed by atoms with van der Waals surface area (Å²) in [6.07, 6.45) is 1.71. The van der Waals surface area contributed by atoms with Gasteiger partial charge >= 0.3 is 0 Å². The highest BCUT2D eigenvalue weighted by Gasteiger charge is 2.15. The molecule has 0 amide bonds. The maximum absolute atomic E-state index is 11.8. The minimum Gasteiger partial charge on any atom is -0.340 e. The SMILES string of the molecule is O=S(=O)(CCN1CCNCC1)NCCc1ncno1. The standard InChI is InChI=1S/C10H19N5O3S/c16-19(17,8-7-15-5-3-11-4-6-15)14-2-1-10-12-9-13-18-10/h9,11,14H,1-8H2. The highest BCUT2D eigenvalue weighted by atomic mass is 32.2. The molecule has 2 rings (SSSR count). The fraction of sp³-hybridized carbons (Fsp3) is 0.800. The third-order valence-corrected chi connectivity index (χ3v) is 4.32. The molecule has 8 nitrogen and oxygen atoms in total. The molecule has 1 saturated heterocycles. The summed E-state index contributed by atoms with van der Waals surface area (Å²) in [6, 6.07) is 0. The average molecular weight is 289 g/mol. The number of aromatic nitrogens is 2. The number of sulfonamides is 1. The van der Waals surface area contributed by atoms with E-state index in [1.165, 1.54) is 6.33 Å². The maximum atomic E-state index is 11.8. The molecule has 1 fully saturated rings. The Bertz CT molecular complexity index is 456. The fourth-order valence-corrected chi connectivity index (χ4v) is 2.93. The Morgan fingerprint density at radius 3 is 2.89 bits per heavy atom. The van der Waals surface area contributed by atoms with Crippen LogP contribution >= 0.6 is 0 Å². The van der Waals surface area contributed by atoms with Crippen LogP contribution in [0.4, 0.5) is 0 Å². The van der Waals surface area contributed by atoms with Gasteiger partial charge in [0.1, 0.15) is 0 Å². The second-order valence-corrected chi connectivity index (χ2v) is 6.32. The molecule has 0 saturated carbocycles. The molecule has 9 heteroatoms. The number of nitrogens with zero attached hydrogens (tertiary/aromatic N) is 3. The average Bonchev–Trinajstić information content (AvgIpc) is 2.91. The summed E-state index contributed by atoms with van der Waals surface area (Å²) >= 11 is 0. The Balaban J connectivity index is 1.66. The van der Waals surface area contributed by atoms with Crippen LogP contribution in [0.25, 0.3) is 0 Å². The molecular formula is C10H19N5O3S. The van der Waals surface area contributed by atoms with Crippen LogP contribution in [0, 0.1) is 0 Å². The van der Waals surface area contributed by atoms with Gasteiger partial charge in [-0.05, 0) is 0 Å². The first kappa shape index (κ1) is 14.4. The monoisotopic (exact) mass is 289 g/mol. The first-order valence-corrected chi connectivity index (χ1v) is 7.97. The summed E-state index contributed by atoms with van der Waals surface area (Å²) in [6.45, 7) is 4.49. The van der Waals surface area contributed by atoms with E-state index in [-0.39, 0.29) is 12.3 Å². The Kier molecular flexibility index (Phi) is 5.25. The van der Waals surface area contributed by atoms with E-state index in [0.717, 1.165) is 26.2 Å². The molecule has 0 unspecified atom stereocenters. The van der Waals surface area contributed by atoms with E-state index in [9.17, 15) is 8.42 Å². The number of hydrogen-bond acceptors (Lipinski definition) is 7. The van der Waals surface area contributed by atoms with Crippen LogP contribution < -0.4 is 10.0 Å². The molecule has 0 spiro atoms. The Morgan fingerprint density at radius 1 is 1.42 bits per heavy atom. The molecule has 108 valence electrons. The molecule has 1 aliphatic rings. The van der Waals surface area contributed by atoms with Gasteiger partial charge in [-0.15, -0.1) is 0 Å². The van der Waals surface area contributed by atoms with Crippen molar-refractivity contribution in [3.05, 3.63) is 12.2 Å². The van der Waals surface area contributed by atoms with Crippen LogP contribution in [0.15, 0.2) is 10.9 Å². The molecule has 19 heavy (non-hydrogen) atoms. The predicted molar refractivity (Wildman–Crippen MR) is 69.1 cm³/mol. The third-order valence-electron chi connectivity index (χ3n) is 2.95. The third kappa shape index (κ3) is 5.23. The van der Waals surface area contributed by atoms with Gasteiger partial charge in [-0.1, -0.05) is 5.16 Å². The zero-order valence-corrected chi connectivity index (χ0v) is 11.5. The van der Waals surface area contributed by atoms with Crippen LogP contribution in [-0.2, 0) is 16.4 Å². The quantitative estimate of drug-likeness (QED) is 0.626. The van der Waals surface area contributed by atoms with Crippen LogP contribution in [-0.4, -0.2) is 68.5 Å². The minimum atomic E-state index is -3.24. The molecule has 2 heterocycles. The molecule has 0 aliphatic carbocycles. The van der Waals surface area contributed by atoms with E-state index in [1.807, 2.05) is 0 Å². The lowest BCUT2D eigenvalue weighted by molar-refractivity contribution is 0.253. The highest BCUT2D eigenvalue weighted by Crippen LogP contribution is 1.95. The summed E-state index contributed by atoms with van der Waals surface area (Å²) in [4.78, 5) is 5.97. The molecule has 0 atom stereocenters. The smallest absolute Gasteiger partial charge is 0.227 e. The van der Waals surface area contributed by atoms with Gasteiger partial charge in [0.2, 0.25) is 15.9 Å². The van der Waals surface area contributed by atoms with Crippen LogP contribution in [0.1, 0.15) is 5.89 Å². The van der Waals surface area contributed by atoms with E-state index < -0.39 is 10.0 Å². The molecule has 1 aromatic heterocycles.